The first-order chi connectivity index (χ1) is 6.60. The third-order valence-electron chi connectivity index (χ3n) is 3.66. The molecule has 0 aromatic carbocycles. The molecule has 0 radical (unpaired) electrons. The summed E-state index contributed by atoms with van der Waals surface area (Å²) in [6.45, 7) is 2.05. The standard InChI is InChI=1S/C11H20N2O/c1-11(6-7-11)10(14)13-9-4-2-8(12)3-5-9/h8-9H,2-7,12H2,1H3,(H,13,14). The molecular formula is C11H20N2O. The Labute approximate surface area is 85.4 Å². The van der Waals surface area contributed by atoms with Crippen molar-refractivity contribution in [3.63, 3.8) is 0 Å². The van der Waals surface area contributed by atoms with E-state index in [0.29, 0.717) is 12.1 Å². The Morgan fingerprint density at radius 2 is 1.86 bits per heavy atom. The van der Waals surface area contributed by atoms with E-state index in [1.54, 1.807) is 0 Å². The molecule has 3 heteroatoms. The molecule has 3 N–H and O–H groups in total. The summed E-state index contributed by atoms with van der Waals surface area (Å²) in [6, 6.07) is 0.749. The maximum Gasteiger partial charge on any atom is 0.226 e. The predicted molar refractivity (Wildman–Crippen MR) is 55.7 cm³/mol. The van der Waals surface area contributed by atoms with Gasteiger partial charge in [-0.15, -0.1) is 0 Å². The summed E-state index contributed by atoms with van der Waals surface area (Å²) >= 11 is 0. The fraction of sp³-hybridized carbons (Fsp3) is 0.909. The highest BCUT2D eigenvalue weighted by molar-refractivity contribution is 5.85. The van der Waals surface area contributed by atoms with Crippen LogP contribution < -0.4 is 11.1 Å². The summed E-state index contributed by atoms with van der Waals surface area (Å²) in [5.41, 5.74) is 5.78. The van der Waals surface area contributed by atoms with Crippen molar-refractivity contribution in [3.8, 4) is 0 Å². The van der Waals surface area contributed by atoms with Crippen LogP contribution in [0.5, 0.6) is 0 Å². The maximum absolute atomic E-state index is 11.7. The van der Waals surface area contributed by atoms with Gasteiger partial charge in [0.1, 0.15) is 0 Å². The molecule has 2 aliphatic rings. The lowest BCUT2D eigenvalue weighted by Gasteiger charge is -2.27. The van der Waals surface area contributed by atoms with E-state index in [-0.39, 0.29) is 11.3 Å². The molecule has 1 amide bonds. The molecule has 14 heavy (non-hydrogen) atoms. The number of hydrogen-bond acceptors (Lipinski definition) is 2. The van der Waals surface area contributed by atoms with Crippen molar-refractivity contribution in [1.29, 1.82) is 0 Å². The molecule has 0 atom stereocenters. The second-order valence-corrected chi connectivity index (χ2v) is 5.15. The number of carbonyl (C=O) groups excluding carboxylic acids is 1. The number of hydrogen-bond donors (Lipinski definition) is 2. The molecule has 0 aromatic rings. The third kappa shape index (κ3) is 2.08. The van der Waals surface area contributed by atoms with Crippen LogP contribution in [0.25, 0.3) is 0 Å². The van der Waals surface area contributed by atoms with Gasteiger partial charge < -0.3 is 11.1 Å². The van der Waals surface area contributed by atoms with Gasteiger partial charge in [0.15, 0.2) is 0 Å². The molecule has 0 spiro atoms. The van der Waals surface area contributed by atoms with Crippen molar-refractivity contribution in [2.45, 2.75) is 57.5 Å². The van der Waals surface area contributed by atoms with Gasteiger partial charge in [-0.1, -0.05) is 6.92 Å². The van der Waals surface area contributed by atoms with Gasteiger partial charge in [-0.25, -0.2) is 0 Å². The van der Waals surface area contributed by atoms with E-state index >= 15 is 0 Å². The average molecular weight is 196 g/mol. The smallest absolute Gasteiger partial charge is 0.226 e. The van der Waals surface area contributed by atoms with Crippen LogP contribution in [0.3, 0.4) is 0 Å². The largest absolute Gasteiger partial charge is 0.353 e. The highest BCUT2D eigenvalue weighted by Gasteiger charge is 2.45. The van der Waals surface area contributed by atoms with E-state index in [1.807, 2.05) is 0 Å². The molecule has 0 heterocycles. The third-order valence-corrected chi connectivity index (χ3v) is 3.66. The molecule has 2 saturated carbocycles. The number of rotatable bonds is 2. The lowest BCUT2D eigenvalue weighted by molar-refractivity contribution is -0.126. The Bertz CT molecular complexity index is 227. The normalized spacial score (nSPS) is 35.0. The van der Waals surface area contributed by atoms with Crippen LogP contribution in [0, 0.1) is 5.41 Å². The molecular weight excluding hydrogens is 176 g/mol. The van der Waals surface area contributed by atoms with Crippen molar-refractivity contribution < 1.29 is 4.79 Å². The molecule has 3 nitrogen and oxygen atoms in total. The van der Waals surface area contributed by atoms with Crippen LogP contribution in [-0.2, 0) is 4.79 Å². The van der Waals surface area contributed by atoms with Crippen LogP contribution >= 0.6 is 0 Å². The van der Waals surface area contributed by atoms with E-state index in [0.717, 1.165) is 38.5 Å². The second-order valence-electron chi connectivity index (χ2n) is 5.15. The number of carbonyl (C=O) groups is 1. The van der Waals surface area contributed by atoms with E-state index in [2.05, 4.69) is 12.2 Å². The van der Waals surface area contributed by atoms with Crippen LogP contribution in [-0.4, -0.2) is 18.0 Å². The zero-order valence-electron chi connectivity index (χ0n) is 8.88. The number of amides is 1. The van der Waals surface area contributed by atoms with Gasteiger partial charge in [0.25, 0.3) is 0 Å². The van der Waals surface area contributed by atoms with Crippen molar-refractivity contribution in [2.24, 2.45) is 11.1 Å². The van der Waals surface area contributed by atoms with Crippen molar-refractivity contribution in [1.82, 2.24) is 5.32 Å². The Hall–Kier alpha value is -0.570. The zero-order valence-corrected chi connectivity index (χ0v) is 8.88. The van der Waals surface area contributed by atoms with Gasteiger partial charge >= 0.3 is 0 Å². The lowest BCUT2D eigenvalue weighted by Crippen LogP contribution is -2.43. The van der Waals surface area contributed by atoms with Gasteiger partial charge in [-0.3, -0.25) is 4.79 Å². The monoisotopic (exact) mass is 196 g/mol. The quantitative estimate of drug-likeness (QED) is 0.696. The first-order valence-electron chi connectivity index (χ1n) is 5.67. The highest BCUT2D eigenvalue weighted by Crippen LogP contribution is 2.45. The SMILES string of the molecule is CC1(C(=O)NC2CCC(N)CC2)CC1. The Morgan fingerprint density at radius 3 is 2.36 bits per heavy atom. The van der Waals surface area contributed by atoms with Gasteiger partial charge in [-0.2, -0.15) is 0 Å². The fourth-order valence-corrected chi connectivity index (χ4v) is 2.04. The van der Waals surface area contributed by atoms with Gasteiger partial charge in [0, 0.05) is 17.5 Å². The van der Waals surface area contributed by atoms with Crippen LogP contribution in [0.15, 0.2) is 0 Å². The van der Waals surface area contributed by atoms with Crippen LogP contribution in [0.4, 0.5) is 0 Å². The Kier molecular flexibility index (Phi) is 2.52. The van der Waals surface area contributed by atoms with Crippen LogP contribution in [0.1, 0.15) is 45.4 Å². The summed E-state index contributed by atoms with van der Waals surface area (Å²) < 4.78 is 0. The summed E-state index contributed by atoms with van der Waals surface area (Å²) in [5, 5.41) is 3.15. The molecule has 2 aliphatic carbocycles. The number of nitrogens with one attached hydrogen (secondary N) is 1. The van der Waals surface area contributed by atoms with E-state index in [4.69, 9.17) is 5.73 Å². The molecule has 0 saturated heterocycles. The minimum absolute atomic E-state index is 0.0282. The molecule has 0 aliphatic heterocycles. The van der Waals surface area contributed by atoms with Gasteiger partial charge in [0.2, 0.25) is 5.91 Å². The summed E-state index contributed by atoms with van der Waals surface area (Å²) in [5.74, 6) is 0.262. The summed E-state index contributed by atoms with van der Waals surface area (Å²) in [4.78, 5) is 11.7. The van der Waals surface area contributed by atoms with Gasteiger partial charge in [-0.05, 0) is 38.5 Å². The average Bonchev–Trinajstić information content (AvgIpc) is 2.89. The summed E-state index contributed by atoms with van der Waals surface area (Å²) in [6.07, 6.45) is 6.35. The van der Waals surface area contributed by atoms with Crippen LogP contribution in [0.2, 0.25) is 0 Å². The second kappa shape index (κ2) is 3.54. The topological polar surface area (TPSA) is 55.1 Å². The first-order valence-corrected chi connectivity index (χ1v) is 5.67. The van der Waals surface area contributed by atoms with Crippen molar-refractivity contribution in [2.75, 3.05) is 0 Å². The highest BCUT2D eigenvalue weighted by atomic mass is 16.2. The minimum atomic E-state index is -0.0282. The predicted octanol–water partition coefficient (Wildman–Crippen LogP) is 1.17. The minimum Gasteiger partial charge on any atom is -0.353 e. The molecule has 0 bridgehead atoms. The Morgan fingerprint density at radius 1 is 1.29 bits per heavy atom. The molecule has 2 fully saturated rings. The molecule has 80 valence electrons. The number of nitrogens with two attached hydrogens (primary N) is 1. The van der Waals surface area contributed by atoms with E-state index in [9.17, 15) is 4.79 Å². The van der Waals surface area contributed by atoms with E-state index in [1.165, 1.54) is 0 Å². The molecule has 0 unspecified atom stereocenters. The zero-order chi connectivity index (χ0) is 10.2. The van der Waals surface area contributed by atoms with Gasteiger partial charge in [0.05, 0.1) is 0 Å². The maximum atomic E-state index is 11.7. The van der Waals surface area contributed by atoms with E-state index < -0.39 is 0 Å². The Balaban J connectivity index is 1.78. The molecule has 0 aromatic heterocycles. The van der Waals surface area contributed by atoms with Crippen molar-refractivity contribution >= 4 is 5.91 Å². The fourth-order valence-electron chi connectivity index (χ4n) is 2.04. The summed E-state index contributed by atoms with van der Waals surface area (Å²) in [7, 11) is 0. The lowest BCUT2D eigenvalue weighted by atomic mass is 9.91. The molecule has 2 rings (SSSR count). The van der Waals surface area contributed by atoms with Crippen molar-refractivity contribution in [3.05, 3.63) is 0 Å². The first kappa shape index (κ1) is 9.97.